The Balaban J connectivity index is 1.67. The molecule has 0 bridgehead atoms. The number of anilines is 1. The molecule has 1 amide bonds. The minimum atomic E-state index is -0.184. The lowest BCUT2D eigenvalue weighted by atomic mass is 10.2. The summed E-state index contributed by atoms with van der Waals surface area (Å²) in [5.41, 5.74) is 1.36. The molecule has 0 fully saturated rings. The van der Waals surface area contributed by atoms with Gasteiger partial charge in [0.15, 0.2) is 11.0 Å². The van der Waals surface area contributed by atoms with Crippen molar-refractivity contribution < 1.29 is 14.3 Å². The molecule has 0 atom stereocenters. The zero-order valence-corrected chi connectivity index (χ0v) is 17.2. The first-order valence-electron chi connectivity index (χ1n) is 8.32. The van der Waals surface area contributed by atoms with Gasteiger partial charge in [-0.3, -0.25) is 4.79 Å². The summed E-state index contributed by atoms with van der Waals surface area (Å²) in [5, 5.41) is 12.4. The summed E-state index contributed by atoms with van der Waals surface area (Å²) in [5.74, 6) is 1.80. The minimum Gasteiger partial charge on any atom is -0.497 e. The molecule has 3 rings (SSSR count). The topological polar surface area (TPSA) is 78.3 Å². The second-order valence-corrected chi connectivity index (χ2v) is 7.10. The summed E-state index contributed by atoms with van der Waals surface area (Å²) >= 11 is 7.52. The van der Waals surface area contributed by atoms with Gasteiger partial charge in [0.2, 0.25) is 5.91 Å². The molecule has 0 spiro atoms. The lowest BCUT2D eigenvalue weighted by molar-refractivity contribution is -0.113. The molecule has 2 aromatic carbocycles. The first kappa shape index (κ1) is 20.0. The Morgan fingerprint density at radius 2 is 1.96 bits per heavy atom. The lowest BCUT2D eigenvalue weighted by Crippen LogP contribution is -2.15. The molecule has 146 valence electrons. The number of benzene rings is 2. The highest BCUT2D eigenvalue weighted by atomic mass is 35.5. The average molecular weight is 419 g/mol. The molecule has 1 heterocycles. The summed E-state index contributed by atoms with van der Waals surface area (Å²) in [6.45, 7) is 0. The van der Waals surface area contributed by atoms with Gasteiger partial charge in [-0.15, -0.1) is 10.2 Å². The molecule has 3 aromatic rings. The second kappa shape index (κ2) is 8.99. The van der Waals surface area contributed by atoms with Crippen molar-refractivity contribution in [3.8, 4) is 22.9 Å². The van der Waals surface area contributed by atoms with E-state index in [0.717, 1.165) is 5.56 Å². The van der Waals surface area contributed by atoms with Crippen LogP contribution in [0.3, 0.4) is 0 Å². The van der Waals surface area contributed by atoms with E-state index in [9.17, 15) is 4.79 Å². The lowest BCUT2D eigenvalue weighted by Gasteiger charge is -2.11. The number of hydrogen-bond acceptors (Lipinski definition) is 6. The molecule has 1 aromatic heterocycles. The van der Waals surface area contributed by atoms with Crippen molar-refractivity contribution >= 4 is 35.0 Å². The molecule has 0 unspecified atom stereocenters. The Hall–Kier alpha value is -2.71. The molecule has 9 heteroatoms. The van der Waals surface area contributed by atoms with E-state index < -0.39 is 0 Å². The number of halogens is 1. The van der Waals surface area contributed by atoms with Crippen molar-refractivity contribution in [3.63, 3.8) is 0 Å². The van der Waals surface area contributed by atoms with Gasteiger partial charge in [-0.25, -0.2) is 0 Å². The molecule has 0 saturated heterocycles. The van der Waals surface area contributed by atoms with Crippen LogP contribution in [0.15, 0.2) is 47.6 Å². The smallest absolute Gasteiger partial charge is 0.234 e. The number of hydrogen-bond donors (Lipinski definition) is 1. The average Bonchev–Trinajstić information content (AvgIpc) is 3.07. The fraction of sp³-hybridized carbons (Fsp3) is 0.211. The van der Waals surface area contributed by atoms with Crippen molar-refractivity contribution in [2.24, 2.45) is 7.05 Å². The molecule has 0 aliphatic rings. The van der Waals surface area contributed by atoms with Crippen molar-refractivity contribution in [1.29, 1.82) is 0 Å². The largest absolute Gasteiger partial charge is 0.497 e. The van der Waals surface area contributed by atoms with Crippen LogP contribution in [0.1, 0.15) is 0 Å². The van der Waals surface area contributed by atoms with E-state index in [0.29, 0.717) is 33.2 Å². The first-order valence-corrected chi connectivity index (χ1v) is 9.68. The van der Waals surface area contributed by atoms with Crippen LogP contribution in [0.5, 0.6) is 11.5 Å². The number of aromatic nitrogens is 3. The second-order valence-electron chi connectivity index (χ2n) is 5.75. The quantitative estimate of drug-likeness (QED) is 0.586. The summed E-state index contributed by atoms with van der Waals surface area (Å²) in [7, 11) is 4.95. The summed E-state index contributed by atoms with van der Waals surface area (Å²) in [6.07, 6.45) is 0. The Bertz CT molecular complexity index is 993. The highest BCUT2D eigenvalue weighted by Gasteiger charge is 2.15. The van der Waals surface area contributed by atoms with Crippen molar-refractivity contribution in [2.45, 2.75) is 5.16 Å². The van der Waals surface area contributed by atoms with Gasteiger partial charge in [0.25, 0.3) is 0 Å². The third-order valence-electron chi connectivity index (χ3n) is 3.96. The molecule has 0 saturated carbocycles. The van der Waals surface area contributed by atoms with Crippen LogP contribution >= 0.6 is 23.4 Å². The maximum Gasteiger partial charge on any atom is 0.234 e. The maximum absolute atomic E-state index is 12.4. The first-order chi connectivity index (χ1) is 13.5. The Labute approximate surface area is 172 Å². The van der Waals surface area contributed by atoms with Crippen molar-refractivity contribution in [1.82, 2.24) is 14.8 Å². The maximum atomic E-state index is 12.4. The van der Waals surface area contributed by atoms with Crippen LogP contribution in [0, 0.1) is 0 Å². The molecule has 28 heavy (non-hydrogen) atoms. The van der Waals surface area contributed by atoms with Gasteiger partial charge in [0.1, 0.15) is 11.5 Å². The Morgan fingerprint density at radius 3 is 2.68 bits per heavy atom. The number of ether oxygens (including phenoxy) is 2. The molecular formula is C19H19ClN4O3S. The molecular weight excluding hydrogens is 400 g/mol. The van der Waals surface area contributed by atoms with Crippen LogP contribution in [-0.4, -0.2) is 40.6 Å². The van der Waals surface area contributed by atoms with E-state index in [1.54, 1.807) is 31.4 Å². The number of carbonyl (C=O) groups excluding carboxylic acids is 1. The number of thioether (sulfide) groups is 1. The predicted molar refractivity (Wildman–Crippen MR) is 110 cm³/mol. The SMILES string of the molecule is COc1ccc(NC(=O)CSc2nnc(-c3ccccc3Cl)n2C)c(OC)c1. The third kappa shape index (κ3) is 4.40. The molecule has 0 radical (unpaired) electrons. The van der Waals surface area contributed by atoms with Gasteiger partial charge in [-0.1, -0.05) is 35.5 Å². The van der Waals surface area contributed by atoms with Gasteiger partial charge in [0.05, 0.1) is 30.7 Å². The number of amides is 1. The van der Waals surface area contributed by atoms with Gasteiger partial charge in [-0.2, -0.15) is 0 Å². The van der Waals surface area contributed by atoms with Crippen LogP contribution < -0.4 is 14.8 Å². The molecule has 7 nitrogen and oxygen atoms in total. The van der Waals surface area contributed by atoms with Crippen LogP contribution in [0.2, 0.25) is 5.02 Å². The summed E-state index contributed by atoms with van der Waals surface area (Å²) < 4.78 is 12.3. The van der Waals surface area contributed by atoms with Gasteiger partial charge < -0.3 is 19.4 Å². The van der Waals surface area contributed by atoms with Crippen molar-refractivity contribution in [2.75, 3.05) is 25.3 Å². The summed E-state index contributed by atoms with van der Waals surface area (Å²) in [6, 6.07) is 12.6. The van der Waals surface area contributed by atoms with Crippen LogP contribution in [0.25, 0.3) is 11.4 Å². The zero-order chi connectivity index (χ0) is 20.1. The monoisotopic (exact) mass is 418 g/mol. The van der Waals surface area contributed by atoms with E-state index in [1.165, 1.54) is 18.9 Å². The normalized spacial score (nSPS) is 10.6. The van der Waals surface area contributed by atoms with Gasteiger partial charge in [0, 0.05) is 18.7 Å². The molecule has 0 aliphatic heterocycles. The van der Waals surface area contributed by atoms with Crippen LogP contribution in [0.4, 0.5) is 5.69 Å². The van der Waals surface area contributed by atoms with E-state index in [1.807, 2.05) is 29.8 Å². The Morgan fingerprint density at radius 1 is 1.18 bits per heavy atom. The number of nitrogens with zero attached hydrogens (tertiary/aromatic N) is 3. The van der Waals surface area contributed by atoms with Gasteiger partial charge >= 0.3 is 0 Å². The van der Waals surface area contributed by atoms with E-state index in [4.69, 9.17) is 21.1 Å². The predicted octanol–water partition coefficient (Wildman–Crippen LogP) is 3.88. The van der Waals surface area contributed by atoms with Gasteiger partial charge in [-0.05, 0) is 24.3 Å². The number of nitrogens with one attached hydrogen (secondary N) is 1. The summed E-state index contributed by atoms with van der Waals surface area (Å²) in [4.78, 5) is 12.4. The Kier molecular flexibility index (Phi) is 6.43. The number of carbonyl (C=O) groups is 1. The molecule has 0 aliphatic carbocycles. The fourth-order valence-electron chi connectivity index (χ4n) is 2.54. The van der Waals surface area contributed by atoms with E-state index in [2.05, 4.69) is 15.5 Å². The number of methoxy groups -OCH3 is 2. The van der Waals surface area contributed by atoms with E-state index >= 15 is 0 Å². The highest BCUT2D eigenvalue weighted by molar-refractivity contribution is 7.99. The molecule has 1 N–H and O–H groups in total. The van der Waals surface area contributed by atoms with Crippen molar-refractivity contribution in [3.05, 3.63) is 47.5 Å². The van der Waals surface area contributed by atoms with E-state index in [-0.39, 0.29) is 11.7 Å². The number of rotatable bonds is 7. The zero-order valence-electron chi connectivity index (χ0n) is 15.6. The minimum absolute atomic E-state index is 0.170. The highest BCUT2D eigenvalue weighted by Crippen LogP contribution is 2.30. The fourth-order valence-corrected chi connectivity index (χ4v) is 3.47. The standard InChI is InChI=1S/C19H19ClN4O3S/c1-24-18(13-6-4-5-7-14(13)20)22-23-19(24)28-11-17(25)21-15-9-8-12(26-2)10-16(15)27-3/h4-10H,11H2,1-3H3,(H,21,25). The third-order valence-corrected chi connectivity index (χ3v) is 5.31. The van der Waals surface area contributed by atoms with Crippen LogP contribution in [-0.2, 0) is 11.8 Å².